The lowest BCUT2D eigenvalue weighted by Gasteiger charge is -2.25. The lowest BCUT2D eigenvalue weighted by atomic mass is 9.86. The van der Waals surface area contributed by atoms with Gasteiger partial charge in [-0.15, -0.1) is 0 Å². The molecule has 0 bridgehead atoms. The third-order valence-corrected chi connectivity index (χ3v) is 8.81. The van der Waals surface area contributed by atoms with Crippen molar-refractivity contribution in [3.8, 4) is 29.0 Å². The fourth-order valence-electron chi connectivity index (χ4n) is 4.16. The van der Waals surface area contributed by atoms with Gasteiger partial charge in [-0.3, -0.25) is 4.72 Å². The number of sulfonamides is 1. The highest BCUT2D eigenvalue weighted by atomic mass is 79.9. The summed E-state index contributed by atoms with van der Waals surface area (Å²) in [4.78, 5) is 25.1. The predicted octanol–water partition coefficient (Wildman–Crippen LogP) is 6.17. The third kappa shape index (κ3) is 8.53. The number of benzene rings is 2. The van der Waals surface area contributed by atoms with E-state index in [2.05, 4.69) is 66.5 Å². The molecule has 2 aromatic carbocycles. The second kappa shape index (κ2) is 14.5. The molecule has 0 unspecified atom stereocenters. The molecule has 12 nitrogen and oxygen atoms in total. The van der Waals surface area contributed by atoms with Gasteiger partial charge in [0.05, 0.1) is 19.4 Å². The number of nitrogens with zero attached hydrogens (tertiary/aromatic N) is 6. The number of nitrogens with one attached hydrogen (secondary N) is 1. The Morgan fingerprint density at radius 1 is 0.739 bits per heavy atom. The summed E-state index contributed by atoms with van der Waals surface area (Å²) in [5.41, 5.74) is 2.50. The molecule has 238 valence electrons. The highest BCUT2D eigenvalue weighted by Gasteiger charge is 2.25. The van der Waals surface area contributed by atoms with Crippen molar-refractivity contribution in [3.63, 3.8) is 0 Å². The van der Waals surface area contributed by atoms with Crippen LogP contribution in [0.15, 0.2) is 93.5 Å². The number of ether oxygens (including phenoxy) is 3. The molecule has 5 aromatic rings. The molecule has 0 atom stereocenters. The van der Waals surface area contributed by atoms with Crippen LogP contribution in [0.5, 0.6) is 17.9 Å². The lowest BCUT2D eigenvalue weighted by Crippen LogP contribution is -2.27. The molecule has 0 amide bonds. The van der Waals surface area contributed by atoms with E-state index in [0.717, 1.165) is 20.1 Å². The van der Waals surface area contributed by atoms with E-state index < -0.39 is 15.4 Å². The molecular weight excluding hydrogens is 742 g/mol. The highest BCUT2D eigenvalue weighted by molar-refractivity contribution is 9.10. The average Bonchev–Trinajstić information content (AvgIpc) is 3.04. The molecule has 0 fully saturated rings. The van der Waals surface area contributed by atoms with Crippen molar-refractivity contribution in [1.29, 1.82) is 0 Å². The van der Waals surface area contributed by atoms with Crippen molar-refractivity contribution < 1.29 is 22.6 Å². The van der Waals surface area contributed by atoms with Crippen LogP contribution in [0.1, 0.15) is 25.0 Å². The van der Waals surface area contributed by atoms with Gasteiger partial charge in [-0.1, -0.05) is 55.8 Å². The van der Waals surface area contributed by atoms with E-state index in [1.807, 2.05) is 45.0 Å². The molecule has 0 aliphatic heterocycles. The van der Waals surface area contributed by atoms with Gasteiger partial charge in [0.2, 0.25) is 5.88 Å². The summed E-state index contributed by atoms with van der Waals surface area (Å²) in [5, 5.41) is 0. The van der Waals surface area contributed by atoms with E-state index in [1.165, 1.54) is 6.33 Å². The van der Waals surface area contributed by atoms with Gasteiger partial charge in [0, 0.05) is 30.2 Å². The van der Waals surface area contributed by atoms with Gasteiger partial charge in [0.25, 0.3) is 10.0 Å². The Kier molecular flexibility index (Phi) is 10.4. The van der Waals surface area contributed by atoms with Gasteiger partial charge >= 0.3 is 12.0 Å². The Balaban J connectivity index is 1.33. The van der Waals surface area contributed by atoms with E-state index in [4.69, 9.17) is 14.2 Å². The van der Waals surface area contributed by atoms with E-state index in [0.29, 0.717) is 11.1 Å². The number of aryl methyl sites for hydroxylation is 1. The lowest BCUT2D eigenvalue weighted by molar-refractivity contribution is 0.202. The van der Waals surface area contributed by atoms with Crippen LogP contribution in [-0.2, 0) is 15.4 Å². The summed E-state index contributed by atoms with van der Waals surface area (Å²) >= 11 is 6.58. The Bertz CT molecular complexity index is 1880. The Morgan fingerprint density at radius 2 is 1.30 bits per heavy atom. The SMILES string of the molecule is Cc1ccc(-c2c(NS(=O)(=O)c3ccc(C(C)(C)COc4ncc(Br)cn4)cc3)ncnc2OCCOc2ncc(Br)cn2)cc1. The van der Waals surface area contributed by atoms with Crippen LogP contribution in [-0.4, -0.2) is 58.1 Å². The fourth-order valence-corrected chi connectivity index (χ4v) is 5.59. The van der Waals surface area contributed by atoms with Gasteiger partial charge in [-0.2, -0.15) is 0 Å². The van der Waals surface area contributed by atoms with Crippen molar-refractivity contribution in [1.82, 2.24) is 29.9 Å². The largest absolute Gasteiger partial charge is 0.473 e. The molecule has 0 saturated heterocycles. The molecule has 0 spiro atoms. The number of hydrogen-bond acceptors (Lipinski definition) is 11. The molecule has 5 rings (SSSR count). The van der Waals surface area contributed by atoms with Crippen molar-refractivity contribution >= 4 is 47.7 Å². The predicted molar refractivity (Wildman–Crippen MR) is 178 cm³/mol. The minimum Gasteiger partial charge on any atom is -0.473 e. The first-order valence-electron chi connectivity index (χ1n) is 13.9. The smallest absolute Gasteiger partial charge is 0.316 e. The second-order valence-electron chi connectivity index (χ2n) is 10.6. The number of anilines is 1. The average molecular weight is 771 g/mol. The van der Waals surface area contributed by atoms with E-state index in [9.17, 15) is 8.42 Å². The van der Waals surface area contributed by atoms with Gasteiger partial charge < -0.3 is 14.2 Å². The van der Waals surface area contributed by atoms with Crippen molar-refractivity contribution in [2.75, 3.05) is 24.5 Å². The third-order valence-electron chi connectivity index (χ3n) is 6.64. The van der Waals surface area contributed by atoms with Crippen molar-refractivity contribution in [2.24, 2.45) is 0 Å². The van der Waals surface area contributed by atoms with Crippen molar-refractivity contribution in [3.05, 3.63) is 99.7 Å². The van der Waals surface area contributed by atoms with Crippen LogP contribution in [0.25, 0.3) is 11.1 Å². The molecule has 15 heteroatoms. The quantitative estimate of drug-likeness (QED) is 0.137. The summed E-state index contributed by atoms with van der Waals surface area (Å²) in [7, 11) is -4.05. The number of aromatic nitrogens is 6. The van der Waals surface area contributed by atoms with Crippen LogP contribution in [0, 0.1) is 6.92 Å². The maximum absolute atomic E-state index is 13.6. The van der Waals surface area contributed by atoms with E-state index in [-0.39, 0.29) is 48.4 Å². The molecule has 0 radical (unpaired) electrons. The topological polar surface area (TPSA) is 151 Å². The number of rotatable bonds is 13. The Labute approximate surface area is 283 Å². The maximum atomic E-state index is 13.6. The summed E-state index contributed by atoms with van der Waals surface area (Å²) in [6.07, 6.45) is 7.60. The zero-order valence-electron chi connectivity index (χ0n) is 25.0. The monoisotopic (exact) mass is 769 g/mol. The second-order valence-corrected chi connectivity index (χ2v) is 14.1. The van der Waals surface area contributed by atoms with Crippen LogP contribution >= 0.6 is 31.9 Å². The zero-order valence-corrected chi connectivity index (χ0v) is 29.0. The Hall–Kier alpha value is -4.21. The van der Waals surface area contributed by atoms with Gasteiger partial charge in [0.15, 0.2) is 5.82 Å². The minimum absolute atomic E-state index is 0.0584. The summed E-state index contributed by atoms with van der Waals surface area (Å²) < 4.78 is 48.6. The number of halogens is 2. The van der Waals surface area contributed by atoms with Crippen LogP contribution in [0.4, 0.5) is 5.82 Å². The highest BCUT2D eigenvalue weighted by Crippen LogP contribution is 2.35. The first-order valence-corrected chi connectivity index (χ1v) is 17.0. The standard InChI is InChI=1S/C31H29Br2N7O5S/c1-20-4-6-21(7-5-20)26-27(38-19-39-28(26)43-12-13-44-29-34-14-23(32)15-35-29)40-46(41,42)25-10-8-22(9-11-25)31(2,3)18-45-30-36-16-24(33)17-37-30/h4-11,14-17,19H,12-13,18H2,1-3H3,(H,38,39,40). The molecule has 46 heavy (non-hydrogen) atoms. The summed E-state index contributed by atoms with van der Waals surface area (Å²) in [6, 6.07) is 14.6. The summed E-state index contributed by atoms with van der Waals surface area (Å²) in [5.74, 6) is 0.252. The van der Waals surface area contributed by atoms with Crippen LogP contribution < -0.4 is 18.9 Å². The van der Waals surface area contributed by atoms with Gasteiger partial charge in [-0.25, -0.2) is 38.3 Å². The minimum atomic E-state index is -4.05. The Morgan fingerprint density at radius 3 is 1.91 bits per heavy atom. The number of hydrogen-bond donors (Lipinski definition) is 1. The van der Waals surface area contributed by atoms with Crippen LogP contribution in [0.2, 0.25) is 0 Å². The normalized spacial score (nSPS) is 11.6. The molecule has 0 saturated carbocycles. The molecule has 1 N–H and O–H groups in total. The van der Waals surface area contributed by atoms with E-state index >= 15 is 0 Å². The van der Waals surface area contributed by atoms with Gasteiger partial charge in [-0.05, 0) is 62.0 Å². The molecule has 3 aromatic heterocycles. The van der Waals surface area contributed by atoms with Crippen molar-refractivity contribution in [2.45, 2.75) is 31.1 Å². The van der Waals surface area contributed by atoms with E-state index in [1.54, 1.807) is 49.1 Å². The van der Waals surface area contributed by atoms with Crippen LogP contribution in [0.3, 0.4) is 0 Å². The molecule has 0 aliphatic carbocycles. The molecule has 3 heterocycles. The first-order chi connectivity index (χ1) is 22.0. The summed E-state index contributed by atoms with van der Waals surface area (Å²) in [6.45, 7) is 6.44. The first kappa shape index (κ1) is 33.2. The molecule has 0 aliphatic rings. The zero-order chi connectivity index (χ0) is 32.7. The fraction of sp³-hybridized carbons (Fsp3) is 0.226. The molecular formula is C31H29Br2N7O5S. The van der Waals surface area contributed by atoms with Gasteiger partial charge in [0.1, 0.15) is 26.1 Å². The maximum Gasteiger partial charge on any atom is 0.316 e.